The zero-order chi connectivity index (χ0) is 22.0. The highest BCUT2D eigenvalue weighted by Crippen LogP contribution is 2.27. The van der Waals surface area contributed by atoms with Crippen LogP contribution in [0.15, 0.2) is 54.6 Å². The van der Waals surface area contributed by atoms with E-state index in [-0.39, 0.29) is 28.7 Å². The number of rotatable bonds is 3. The number of hydrogen-bond acceptors (Lipinski definition) is 5. The molecule has 0 bridgehead atoms. The smallest absolute Gasteiger partial charge is 0.253 e. The number of aromatic nitrogens is 2. The summed E-state index contributed by atoms with van der Waals surface area (Å²) in [6, 6.07) is 18.0. The third-order valence-corrected chi connectivity index (χ3v) is 5.70. The van der Waals surface area contributed by atoms with E-state index < -0.39 is 5.92 Å². The summed E-state index contributed by atoms with van der Waals surface area (Å²) < 4.78 is 0. The zero-order valence-electron chi connectivity index (χ0n) is 16.9. The third-order valence-electron chi connectivity index (χ3n) is 5.42. The number of piperazine rings is 1. The Balaban J connectivity index is 1.53. The summed E-state index contributed by atoms with van der Waals surface area (Å²) in [6.07, 6.45) is 0. The van der Waals surface area contributed by atoms with Crippen LogP contribution in [0.4, 0.5) is 0 Å². The molecule has 1 fully saturated rings. The quantitative estimate of drug-likeness (QED) is 0.632. The molecule has 1 aliphatic rings. The number of amides is 2. The number of fused-ring (bicyclic) bond motifs is 1. The summed E-state index contributed by atoms with van der Waals surface area (Å²) in [5, 5.41) is 9.81. The standard InChI is InChI=1S/C23H20ClN5O2/c1-15-14-28(22(30)16-7-3-2-4-8-16)11-12-29(15)23(31)17(13-25)20-21(24)27-19-10-6-5-9-18(19)26-20/h2-10,15,17H,11-12,14H2,1H3. The highest BCUT2D eigenvalue weighted by molar-refractivity contribution is 6.30. The molecule has 156 valence electrons. The Kier molecular flexibility index (Phi) is 5.83. The van der Waals surface area contributed by atoms with Crippen molar-refractivity contribution >= 4 is 34.4 Å². The number of nitrogens with zero attached hydrogens (tertiary/aromatic N) is 5. The Bertz CT molecular complexity index is 1180. The summed E-state index contributed by atoms with van der Waals surface area (Å²) in [7, 11) is 0. The van der Waals surface area contributed by atoms with Crippen molar-refractivity contribution in [3.63, 3.8) is 0 Å². The van der Waals surface area contributed by atoms with Crippen LogP contribution >= 0.6 is 11.6 Å². The van der Waals surface area contributed by atoms with Crippen molar-refractivity contribution in [3.05, 3.63) is 71.0 Å². The van der Waals surface area contributed by atoms with E-state index in [4.69, 9.17) is 11.6 Å². The molecule has 1 aromatic heterocycles. The van der Waals surface area contributed by atoms with E-state index in [0.717, 1.165) is 0 Å². The van der Waals surface area contributed by atoms with Crippen molar-refractivity contribution in [1.29, 1.82) is 5.26 Å². The summed E-state index contributed by atoms with van der Waals surface area (Å²) in [5.41, 5.74) is 1.94. The first-order valence-electron chi connectivity index (χ1n) is 9.96. The number of hydrogen-bond donors (Lipinski definition) is 0. The van der Waals surface area contributed by atoms with Gasteiger partial charge in [0.05, 0.1) is 17.1 Å². The van der Waals surface area contributed by atoms with Crippen LogP contribution in [0.25, 0.3) is 11.0 Å². The fraction of sp³-hybridized carbons (Fsp3) is 0.261. The number of nitriles is 1. The van der Waals surface area contributed by atoms with E-state index in [1.807, 2.05) is 43.3 Å². The number of benzene rings is 2. The van der Waals surface area contributed by atoms with Crippen molar-refractivity contribution < 1.29 is 9.59 Å². The average Bonchev–Trinajstić information content (AvgIpc) is 2.79. The van der Waals surface area contributed by atoms with Gasteiger partial charge in [0.2, 0.25) is 5.91 Å². The minimum atomic E-state index is -1.16. The van der Waals surface area contributed by atoms with Crippen molar-refractivity contribution in [2.24, 2.45) is 0 Å². The topological polar surface area (TPSA) is 90.2 Å². The molecule has 2 atom stereocenters. The van der Waals surface area contributed by atoms with Crippen molar-refractivity contribution in [2.45, 2.75) is 18.9 Å². The van der Waals surface area contributed by atoms with Gasteiger partial charge in [0.25, 0.3) is 5.91 Å². The lowest BCUT2D eigenvalue weighted by Gasteiger charge is -2.40. The molecule has 2 heterocycles. The largest absolute Gasteiger partial charge is 0.335 e. The Morgan fingerprint density at radius 1 is 1.06 bits per heavy atom. The summed E-state index contributed by atoms with van der Waals surface area (Å²) in [6.45, 7) is 2.97. The molecule has 0 saturated carbocycles. The lowest BCUT2D eigenvalue weighted by molar-refractivity contribution is -0.135. The fourth-order valence-electron chi connectivity index (χ4n) is 3.81. The average molecular weight is 434 g/mol. The Hall–Kier alpha value is -3.50. The first-order valence-corrected chi connectivity index (χ1v) is 10.3. The van der Waals surface area contributed by atoms with Crippen LogP contribution in [0.2, 0.25) is 5.15 Å². The van der Waals surface area contributed by atoms with Gasteiger partial charge in [0.1, 0.15) is 5.69 Å². The SMILES string of the molecule is CC1CN(C(=O)c2ccccc2)CCN1C(=O)C(C#N)c1nc2ccccc2nc1Cl. The molecule has 7 nitrogen and oxygen atoms in total. The van der Waals surface area contributed by atoms with Crippen molar-refractivity contribution in [1.82, 2.24) is 19.8 Å². The van der Waals surface area contributed by atoms with Crippen LogP contribution in [-0.4, -0.2) is 57.3 Å². The van der Waals surface area contributed by atoms with E-state index in [9.17, 15) is 14.9 Å². The maximum absolute atomic E-state index is 13.2. The van der Waals surface area contributed by atoms with Crippen LogP contribution in [0.3, 0.4) is 0 Å². The van der Waals surface area contributed by atoms with E-state index in [1.54, 1.807) is 34.1 Å². The van der Waals surface area contributed by atoms with Crippen molar-refractivity contribution in [3.8, 4) is 6.07 Å². The second-order valence-electron chi connectivity index (χ2n) is 7.45. The van der Waals surface area contributed by atoms with E-state index in [0.29, 0.717) is 36.2 Å². The van der Waals surface area contributed by atoms with Crippen LogP contribution in [0.5, 0.6) is 0 Å². The zero-order valence-corrected chi connectivity index (χ0v) is 17.7. The third kappa shape index (κ3) is 4.07. The van der Waals surface area contributed by atoms with Gasteiger partial charge < -0.3 is 9.80 Å². The minimum Gasteiger partial charge on any atom is -0.335 e. The maximum Gasteiger partial charge on any atom is 0.253 e. The van der Waals surface area contributed by atoms with Crippen LogP contribution < -0.4 is 0 Å². The summed E-state index contributed by atoms with van der Waals surface area (Å²) in [5.74, 6) is -1.61. The molecule has 0 N–H and O–H groups in total. The van der Waals surface area contributed by atoms with Gasteiger partial charge in [-0.2, -0.15) is 5.26 Å². The molecule has 1 saturated heterocycles. The number of para-hydroxylation sites is 2. The Morgan fingerprint density at radius 2 is 1.71 bits per heavy atom. The normalized spacial score (nSPS) is 17.3. The molecule has 8 heteroatoms. The van der Waals surface area contributed by atoms with E-state index >= 15 is 0 Å². The van der Waals surface area contributed by atoms with Gasteiger partial charge in [-0.25, -0.2) is 9.97 Å². The second kappa shape index (κ2) is 8.70. The number of carbonyl (C=O) groups excluding carboxylic acids is 2. The van der Waals surface area contributed by atoms with Gasteiger partial charge >= 0.3 is 0 Å². The first kappa shape index (κ1) is 20.8. The molecular formula is C23H20ClN5O2. The highest BCUT2D eigenvalue weighted by atomic mass is 35.5. The molecule has 3 aromatic rings. The van der Waals surface area contributed by atoms with Gasteiger partial charge in [0, 0.05) is 31.2 Å². The second-order valence-corrected chi connectivity index (χ2v) is 7.81. The van der Waals surface area contributed by atoms with E-state index in [1.165, 1.54) is 0 Å². The molecular weight excluding hydrogens is 414 g/mol. The predicted octanol–water partition coefficient (Wildman–Crippen LogP) is 3.26. The minimum absolute atomic E-state index is 0.0455. The van der Waals surface area contributed by atoms with Crippen LogP contribution in [0.1, 0.15) is 28.9 Å². The fourth-order valence-corrected chi connectivity index (χ4v) is 4.05. The predicted molar refractivity (Wildman–Crippen MR) is 116 cm³/mol. The maximum atomic E-state index is 13.2. The summed E-state index contributed by atoms with van der Waals surface area (Å²) >= 11 is 6.28. The van der Waals surface area contributed by atoms with Crippen molar-refractivity contribution in [2.75, 3.05) is 19.6 Å². The lowest BCUT2D eigenvalue weighted by Crippen LogP contribution is -2.56. The van der Waals surface area contributed by atoms with Gasteiger partial charge in [-0.1, -0.05) is 41.9 Å². The highest BCUT2D eigenvalue weighted by Gasteiger charge is 2.36. The van der Waals surface area contributed by atoms with Gasteiger partial charge in [-0.05, 0) is 31.2 Å². The molecule has 0 radical (unpaired) electrons. The Labute approximate surface area is 184 Å². The molecule has 0 spiro atoms. The molecule has 4 rings (SSSR count). The molecule has 1 aliphatic heterocycles. The van der Waals surface area contributed by atoms with Gasteiger partial charge in [0.15, 0.2) is 11.1 Å². The van der Waals surface area contributed by atoms with Gasteiger partial charge in [-0.3, -0.25) is 9.59 Å². The number of carbonyl (C=O) groups is 2. The molecule has 31 heavy (non-hydrogen) atoms. The Morgan fingerprint density at radius 3 is 2.35 bits per heavy atom. The van der Waals surface area contributed by atoms with E-state index in [2.05, 4.69) is 9.97 Å². The molecule has 0 aliphatic carbocycles. The lowest BCUT2D eigenvalue weighted by atomic mass is 10.0. The number of halogens is 1. The van der Waals surface area contributed by atoms with Crippen LogP contribution in [-0.2, 0) is 4.79 Å². The molecule has 2 amide bonds. The molecule has 2 unspecified atom stereocenters. The van der Waals surface area contributed by atoms with Gasteiger partial charge in [-0.15, -0.1) is 0 Å². The monoisotopic (exact) mass is 433 g/mol. The summed E-state index contributed by atoms with van der Waals surface area (Å²) in [4.78, 5) is 38.1. The first-order chi connectivity index (χ1) is 15.0. The molecule has 2 aromatic carbocycles. The van der Waals surface area contributed by atoms with Crippen LogP contribution in [0, 0.1) is 11.3 Å².